The Balaban J connectivity index is 2.03. The summed E-state index contributed by atoms with van der Waals surface area (Å²) >= 11 is 0. The van der Waals surface area contributed by atoms with Gasteiger partial charge in [0.15, 0.2) is 0 Å². The molecule has 3 rings (SSSR count). The standard InChI is InChI=1S/C13H14N2O2/c1-8-4-2-3-5-11(8)15-12(16)9-6-14-7-10(9)13(15)17/h2-5,9-10,14H,6-7H2,1H3/t9-,10+. The third kappa shape index (κ3) is 1.41. The third-order valence-corrected chi connectivity index (χ3v) is 3.65. The molecule has 1 aromatic carbocycles. The first-order chi connectivity index (χ1) is 8.20. The normalized spacial score (nSPS) is 27.7. The van der Waals surface area contributed by atoms with Gasteiger partial charge in [0.1, 0.15) is 0 Å². The van der Waals surface area contributed by atoms with E-state index in [0.717, 1.165) is 11.3 Å². The number of aryl methyl sites for hydroxylation is 1. The molecular formula is C13H14N2O2. The van der Waals surface area contributed by atoms with Crippen LogP contribution in [0, 0.1) is 18.8 Å². The predicted octanol–water partition coefficient (Wildman–Crippen LogP) is 0.704. The Morgan fingerprint density at radius 1 is 1.12 bits per heavy atom. The summed E-state index contributed by atoms with van der Waals surface area (Å²) in [6.45, 7) is 3.16. The predicted molar refractivity (Wildman–Crippen MR) is 63.5 cm³/mol. The molecule has 0 bridgehead atoms. The Morgan fingerprint density at radius 2 is 1.71 bits per heavy atom. The van der Waals surface area contributed by atoms with E-state index < -0.39 is 0 Å². The summed E-state index contributed by atoms with van der Waals surface area (Å²) in [4.78, 5) is 25.8. The van der Waals surface area contributed by atoms with Crippen LogP contribution in [0.15, 0.2) is 24.3 Å². The minimum atomic E-state index is -0.165. The molecule has 2 fully saturated rings. The number of carbonyl (C=O) groups is 2. The minimum Gasteiger partial charge on any atom is -0.315 e. The van der Waals surface area contributed by atoms with E-state index in [1.54, 1.807) is 0 Å². The van der Waals surface area contributed by atoms with Crippen molar-refractivity contribution in [3.8, 4) is 0 Å². The van der Waals surface area contributed by atoms with Gasteiger partial charge in [-0.05, 0) is 18.6 Å². The fourth-order valence-electron chi connectivity index (χ4n) is 2.69. The zero-order chi connectivity index (χ0) is 12.0. The van der Waals surface area contributed by atoms with E-state index in [4.69, 9.17) is 0 Å². The second-order valence-electron chi connectivity index (χ2n) is 4.67. The average molecular weight is 230 g/mol. The SMILES string of the molecule is Cc1ccccc1N1C(=O)[C@H]2CNC[C@H]2C1=O. The van der Waals surface area contributed by atoms with Crippen LogP contribution in [0.3, 0.4) is 0 Å². The van der Waals surface area contributed by atoms with Crippen LogP contribution < -0.4 is 10.2 Å². The molecule has 2 atom stereocenters. The minimum absolute atomic E-state index is 0.0562. The molecule has 0 aromatic heterocycles. The summed E-state index contributed by atoms with van der Waals surface area (Å²) in [6, 6.07) is 7.52. The quantitative estimate of drug-likeness (QED) is 0.723. The molecule has 2 aliphatic heterocycles. The van der Waals surface area contributed by atoms with E-state index in [1.807, 2.05) is 31.2 Å². The summed E-state index contributed by atoms with van der Waals surface area (Å²) in [7, 11) is 0. The maximum atomic E-state index is 12.2. The third-order valence-electron chi connectivity index (χ3n) is 3.65. The van der Waals surface area contributed by atoms with E-state index in [2.05, 4.69) is 5.32 Å². The number of rotatable bonds is 1. The summed E-state index contributed by atoms with van der Waals surface area (Å²) < 4.78 is 0. The van der Waals surface area contributed by atoms with Crippen molar-refractivity contribution in [2.24, 2.45) is 11.8 Å². The first-order valence-electron chi connectivity index (χ1n) is 5.84. The van der Waals surface area contributed by atoms with Crippen LogP contribution in [0.25, 0.3) is 0 Å². The zero-order valence-corrected chi connectivity index (χ0v) is 9.64. The van der Waals surface area contributed by atoms with Crippen molar-refractivity contribution in [2.45, 2.75) is 6.92 Å². The number of hydrogen-bond acceptors (Lipinski definition) is 3. The van der Waals surface area contributed by atoms with Gasteiger partial charge >= 0.3 is 0 Å². The highest BCUT2D eigenvalue weighted by Crippen LogP contribution is 2.34. The number of carbonyl (C=O) groups excluding carboxylic acids is 2. The molecule has 0 radical (unpaired) electrons. The van der Waals surface area contributed by atoms with Gasteiger partial charge < -0.3 is 5.32 Å². The van der Waals surface area contributed by atoms with Gasteiger partial charge in [-0.1, -0.05) is 18.2 Å². The topological polar surface area (TPSA) is 49.4 Å². The van der Waals surface area contributed by atoms with Gasteiger partial charge in [-0.2, -0.15) is 0 Å². The maximum absolute atomic E-state index is 12.2. The molecule has 0 aliphatic carbocycles. The molecule has 1 aromatic rings. The molecule has 0 unspecified atom stereocenters. The second kappa shape index (κ2) is 3.67. The van der Waals surface area contributed by atoms with E-state index in [1.165, 1.54) is 4.90 Å². The molecule has 0 saturated carbocycles. The summed E-state index contributed by atoms with van der Waals surface area (Å²) in [5.74, 6) is -0.442. The average Bonchev–Trinajstić information content (AvgIpc) is 2.87. The molecule has 4 heteroatoms. The highest BCUT2D eigenvalue weighted by molar-refractivity contribution is 6.22. The molecule has 17 heavy (non-hydrogen) atoms. The monoisotopic (exact) mass is 230 g/mol. The van der Waals surface area contributed by atoms with Crippen molar-refractivity contribution in [1.82, 2.24) is 5.32 Å². The second-order valence-corrected chi connectivity index (χ2v) is 4.67. The Bertz CT molecular complexity index is 476. The number of anilines is 1. The highest BCUT2D eigenvalue weighted by Gasteiger charge is 2.50. The number of hydrogen-bond donors (Lipinski definition) is 1. The molecule has 2 heterocycles. The number of imide groups is 1. The van der Waals surface area contributed by atoms with Crippen LogP contribution in [0.4, 0.5) is 5.69 Å². The van der Waals surface area contributed by atoms with Crippen LogP contribution in [0.2, 0.25) is 0 Å². The van der Waals surface area contributed by atoms with Gasteiger partial charge in [0, 0.05) is 13.1 Å². The van der Waals surface area contributed by atoms with Crippen molar-refractivity contribution in [1.29, 1.82) is 0 Å². The highest BCUT2D eigenvalue weighted by atomic mass is 16.2. The van der Waals surface area contributed by atoms with Crippen LogP contribution in [0.1, 0.15) is 5.56 Å². The summed E-state index contributed by atoms with van der Waals surface area (Å²) in [5.41, 5.74) is 1.69. The largest absolute Gasteiger partial charge is 0.315 e. The van der Waals surface area contributed by atoms with Crippen molar-refractivity contribution in [3.63, 3.8) is 0 Å². The number of para-hydroxylation sites is 1. The van der Waals surface area contributed by atoms with Gasteiger partial charge in [-0.3, -0.25) is 9.59 Å². The molecule has 88 valence electrons. The Labute approximate surface area is 99.6 Å². The Kier molecular flexibility index (Phi) is 2.26. The lowest BCUT2D eigenvalue weighted by atomic mass is 10.00. The fourth-order valence-corrected chi connectivity index (χ4v) is 2.69. The molecular weight excluding hydrogens is 216 g/mol. The Hall–Kier alpha value is -1.68. The molecule has 1 N–H and O–H groups in total. The lowest BCUT2D eigenvalue weighted by molar-refractivity contribution is -0.122. The smallest absolute Gasteiger partial charge is 0.239 e. The Morgan fingerprint density at radius 3 is 2.29 bits per heavy atom. The number of nitrogens with one attached hydrogen (secondary N) is 1. The van der Waals surface area contributed by atoms with Crippen molar-refractivity contribution < 1.29 is 9.59 Å². The van der Waals surface area contributed by atoms with Gasteiger partial charge in [0.05, 0.1) is 17.5 Å². The van der Waals surface area contributed by atoms with Crippen molar-refractivity contribution >= 4 is 17.5 Å². The van der Waals surface area contributed by atoms with Gasteiger partial charge in [-0.25, -0.2) is 4.90 Å². The number of benzene rings is 1. The molecule has 2 aliphatic rings. The van der Waals surface area contributed by atoms with Crippen molar-refractivity contribution in [3.05, 3.63) is 29.8 Å². The first kappa shape index (κ1) is 10.5. The van der Waals surface area contributed by atoms with Crippen molar-refractivity contribution in [2.75, 3.05) is 18.0 Å². The van der Waals surface area contributed by atoms with Crippen LogP contribution in [-0.2, 0) is 9.59 Å². The summed E-state index contributed by atoms with van der Waals surface area (Å²) in [5, 5.41) is 3.10. The fraction of sp³-hybridized carbons (Fsp3) is 0.385. The van der Waals surface area contributed by atoms with Gasteiger partial charge in [0.25, 0.3) is 0 Å². The number of fused-ring (bicyclic) bond motifs is 1. The van der Waals surface area contributed by atoms with E-state index >= 15 is 0 Å². The first-order valence-corrected chi connectivity index (χ1v) is 5.84. The lowest BCUT2D eigenvalue weighted by Gasteiger charge is -2.18. The molecule has 2 amide bonds. The molecule has 0 spiro atoms. The maximum Gasteiger partial charge on any atom is 0.239 e. The summed E-state index contributed by atoms with van der Waals surface area (Å²) in [6.07, 6.45) is 0. The van der Waals surface area contributed by atoms with Gasteiger partial charge in [-0.15, -0.1) is 0 Å². The van der Waals surface area contributed by atoms with E-state index in [0.29, 0.717) is 13.1 Å². The number of amides is 2. The van der Waals surface area contributed by atoms with Crippen LogP contribution >= 0.6 is 0 Å². The molecule has 2 saturated heterocycles. The lowest BCUT2D eigenvalue weighted by Crippen LogP contribution is -2.35. The molecule has 4 nitrogen and oxygen atoms in total. The van der Waals surface area contributed by atoms with E-state index in [9.17, 15) is 9.59 Å². The van der Waals surface area contributed by atoms with Gasteiger partial charge in [0.2, 0.25) is 11.8 Å². The van der Waals surface area contributed by atoms with E-state index in [-0.39, 0.29) is 23.7 Å². The number of nitrogens with zero attached hydrogens (tertiary/aromatic N) is 1. The van der Waals surface area contributed by atoms with Crippen LogP contribution in [-0.4, -0.2) is 24.9 Å². The van der Waals surface area contributed by atoms with Crippen LogP contribution in [0.5, 0.6) is 0 Å². The zero-order valence-electron chi connectivity index (χ0n) is 9.64.